The summed E-state index contributed by atoms with van der Waals surface area (Å²) in [5, 5.41) is -0.758. The van der Waals surface area contributed by atoms with E-state index in [4.69, 9.17) is 16.0 Å². The van der Waals surface area contributed by atoms with Crippen molar-refractivity contribution in [2.45, 2.75) is 80.5 Å². The minimum absolute atomic E-state index is 0.0353. The van der Waals surface area contributed by atoms with Gasteiger partial charge in [-0.05, 0) is 78.2 Å². The molecule has 3 atom stereocenters. The monoisotopic (exact) mass is 681 g/mol. The smallest absolute Gasteiger partial charge is 0.239 e. The molecular weight excluding hydrogens is 648 g/mol. The van der Waals surface area contributed by atoms with Crippen molar-refractivity contribution in [3.05, 3.63) is 27.6 Å². The lowest BCUT2D eigenvalue weighted by atomic mass is 10.0. The topological polar surface area (TPSA) is 95.7 Å². The van der Waals surface area contributed by atoms with E-state index in [0.717, 1.165) is 3.57 Å². The normalized spacial score (nSPS) is 26.3. The molecule has 1 saturated carbocycles. The lowest BCUT2D eigenvalue weighted by molar-refractivity contribution is 0.277. The minimum Gasteiger partial charge on any atom is -0.417 e. The second kappa shape index (κ2) is 10.1. The molecule has 0 radical (unpaired) electrons. The second-order valence-corrected chi connectivity index (χ2v) is 20.1. The van der Waals surface area contributed by atoms with Crippen molar-refractivity contribution in [2.75, 3.05) is 13.7 Å². The largest absolute Gasteiger partial charge is 0.417 e. The Bertz CT molecular complexity index is 1260. The van der Waals surface area contributed by atoms with Crippen LogP contribution in [-0.2, 0) is 14.4 Å². The predicted molar refractivity (Wildman–Crippen MR) is 159 cm³/mol. The number of nitrogens with zero attached hydrogens (tertiary/aromatic N) is 4. The number of rotatable bonds is 7. The van der Waals surface area contributed by atoms with E-state index in [1.807, 2.05) is 22.6 Å². The van der Waals surface area contributed by atoms with Gasteiger partial charge in [0.05, 0.1) is 16.8 Å². The van der Waals surface area contributed by atoms with Gasteiger partial charge in [-0.3, -0.25) is 9.71 Å². The molecule has 1 fully saturated rings. The molecule has 8 nitrogen and oxygen atoms in total. The van der Waals surface area contributed by atoms with Gasteiger partial charge in [-0.1, -0.05) is 20.8 Å². The van der Waals surface area contributed by atoms with Crippen LogP contribution in [0.25, 0.3) is 0 Å². The highest BCUT2D eigenvalue weighted by atomic mass is 127. The van der Waals surface area contributed by atoms with Crippen LogP contribution in [0.2, 0.25) is 18.1 Å². The number of sulfonamides is 1. The summed E-state index contributed by atoms with van der Waals surface area (Å²) in [4.78, 5) is 15.3. The van der Waals surface area contributed by atoms with E-state index in [1.165, 1.54) is 12.1 Å². The molecule has 37 heavy (non-hydrogen) atoms. The lowest BCUT2D eigenvalue weighted by Gasteiger charge is -2.36. The summed E-state index contributed by atoms with van der Waals surface area (Å²) in [6.45, 7) is 11.1. The summed E-state index contributed by atoms with van der Waals surface area (Å²) in [5.41, 5.74) is 0.220. The maximum absolute atomic E-state index is 14.7. The number of benzene rings is 1. The van der Waals surface area contributed by atoms with Gasteiger partial charge in [-0.15, -0.1) is 11.6 Å². The van der Waals surface area contributed by atoms with Crippen LogP contribution in [-0.4, -0.2) is 75.5 Å². The fraction of sp³-hybridized carbons (Fsp3) is 0.625. The van der Waals surface area contributed by atoms with E-state index in [-0.39, 0.29) is 22.3 Å². The second-order valence-electron chi connectivity index (χ2n) is 11.5. The Labute approximate surface area is 238 Å². The fourth-order valence-corrected chi connectivity index (χ4v) is 7.55. The predicted octanol–water partition coefficient (Wildman–Crippen LogP) is 5.05. The zero-order valence-electron chi connectivity index (χ0n) is 21.9. The summed E-state index contributed by atoms with van der Waals surface area (Å²) in [5.74, 6) is -0.491. The Morgan fingerprint density at radius 3 is 2.62 bits per heavy atom. The third-order valence-electron chi connectivity index (χ3n) is 7.79. The van der Waals surface area contributed by atoms with Crippen molar-refractivity contribution >= 4 is 76.1 Å². The molecule has 13 heteroatoms. The van der Waals surface area contributed by atoms with Crippen LogP contribution in [0.1, 0.15) is 40.0 Å². The van der Waals surface area contributed by atoms with Gasteiger partial charge in [0.1, 0.15) is 29.1 Å². The van der Waals surface area contributed by atoms with Gasteiger partial charge in [-0.25, -0.2) is 22.8 Å². The van der Waals surface area contributed by atoms with Gasteiger partial charge in [0.15, 0.2) is 14.2 Å². The van der Waals surface area contributed by atoms with Crippen LogP contribution < -0.4 is 4.72 Å². The van der Waals surface area contributed by atoms with E-state index < -0.39 is 46.5 Å². The molecule has 0 saturated heterocycles. The number of alkyl halides is 1. The average Bonchev–Trinajstić information content (AvgIpc) is 3.49. The van der Waals surface area contributed by atoms with Crippen molar-refractivity contribution < 1.29 is 17.2 Å². The number of hydrogen-bond donors (Lipinski definition) is 1. The molecule has 2 aliphatic heterocycles. The molecule has 3 unspecified atom stereocenters. The maximum atomic E-state index is 14.7. The Morgan fingerprint density at radius 1 is 1.35 bits per heavy atom. The molecule has 204 valence electrons. The third-order valence-corrected chi connectivity index (χ3v) is 15.7. The Hall–Kier alpha value is -1.09. The number of likely N-dealkylation sites (N-methyl/N-ethyl adjacent to an activating group) is 1. The molecule has 4 rings (SSSR count). The molecule has 1 aromatic carbocycles. The summed E-state index contributed by atoms with van der Waals surface area (Å²) >= 11 is 8.80. The Balaban J connectivity index is 1.61. The van der Waals surface area contributed by atoms with Crippen LogP contribution in [0.5, 0.6) is 0 Å². The molecule has 1 aromatic rings. The summed E-state index contributed by atoms with van der Waals surface area (Å²) < 4.78 is 50.8. The third kappa shape index (κ3) is 5.77. The maximum Gasteiger partial charge on any atom is 0.239 e. The zero-order chi connectivity index (χ0) is 27.4. The Morgan fingerprint density at radius 2 is 2.03 bits per heavy atom. The van der Waals surface area contributed by atoms with Crippen LogP contribution in [0.3, 0.4) is 0 Å². The minimum atomic E-state index is -3.85. The first-order valence-corrected chi connectivity index (χ1v) is 18.2. The summed E-state index contributed by atoms with van der Waals surface area (Å²) in [6, 6.07) is 4.16. The fourth-order valence-electron chi connectivity index (χ4n) is 4.08. The molecule has 0 amide bonds. The van der Waals surface area contributed by atoms with Gasteiger partial charge in [-0.2, -0.15) is 0 Å². The average molecular weight is 682 g/mol. The van der Waals surface area contributed by atoms with Gasteiger partial charge >= 0.3 is 0 Å². The zero-order valence-corrected chi connectivity index (χ0v) is 26.7. The van der Waals surface area contributed by atoms with Gasteiger partial charge < -0.3 is 9.33 Å². The Kier molecular flexibility index (Phi) is 7.92. The van der Waals surface area contributed by atoms with E-state index in [1.54, 1.807) is 24.4 Å². The molecule has 1 aliphatic carbocycles. The summed E-state index contributed by atoms with van der Waals surface area (Å²) in [7, 11) is -4.06. The lowest BCUT2D eigenvalue weighted by Crippen LogP contribution is -2.54. The molecule has 0 aromatic heterocycles. The van der Waals surface area contributed by atoms with Crippen LogP contribution in [0, 0.1) is 9.39 Å². The van der Waals surface area contributed by atoms with E-state index in [9.17, 15) is 12.8 Å². The standard InChI is InChI=1S/C24H34ClFIN5O3SSi/c1-23(2,3)37(5,6)35-12-11-24(9-10-24)36(33,34)31-21-19(29-17-8-7-15(27)13-16(17)26)18(25)20-22(30-21)32(4)14-28-20/h7-8,13-14,18,20,22H,9-12H2,1-6H3,(H,30,31). The number of halogens is 3. The molecule has 2 heterocycles. The van der Waals surface area contributed by atoms with Gasteiger partial charge in [0.2, 0.25) is 10.0 Å². The van der Waals surface area contributed by atoms with Crippen LogP contribution in [0.4, 0.5) is 10.1 Å². The van der Waals surface area contributed by atoms with Gasteiger partial charge in [0, 0.05) is 17.2 Å². The first-order chi connectivity index (χ1) is 17.1. The first-order valence-electron chi connectivity index (χ1n) is 12.2. The van der Waals surface area contributed by atoms with Crippen molar-refractivity contribution in [3.63, 3.8) is 0 Å². The molecule has 1 N–H and O–H groups in total. The van der Waals surface area contributed by atoms with Crippen molar-refractivity contribution in [1.82, 2.24) is 9.62 Å². The number of amidine groups is 1. The van der Waals surface area contributed by atoms with E-state index >= 15 is 0 Å². The SMILES string of the molecule is CN1C=NC2C(Cl)C(=Nc3ccc(I)cc3F)C(NS(=O)(=O)C3(CCO[Si](C)(C)C(C)(C)C)CC3)=NC21. The van der Waals surface area contributed by atoms with Gasteiger partial charge in [0.25, 0.3) is 0 Å². The number of hydrogen-bond acceptors (Lipinski definition) is 7. The van der Waals surface area contributed by atoms with Crippen LogP contribution >= 0.6 is 34.2 Å². The van der Waals surface area contributed by atoms with Crippen molar-refractivity contribution in [2.24, 2.45) is 15.0 Å². The highest BCUT2D eigenvalue weighted by molar-refractivity contribution is 14.1. The number of fused-ring (bicyclic) bond motifs is 1. The van der Waals surface area contributed by atoms with Crippen molar-refractivity contribution in [3.8, 4) is 0 Å². The van der Waals surface area contributed by atoms with Crippen molar-refractivity contribution in [1.29, 1.82) is 0 Å². The van der Waals surface area contributed by atoms with E-state index in [0.29, 0.717) is 25.9 Å². The number of nitrogens with one attached hydrogen (secondary N) is 1. The van der Waals surface area contributed by atoms with E-state index in [2.05, 4.69) is 53.6 Å². The van der Waals surface area contributed by atoms with Crippen LogP contribution in [0.15, 0.2) is 33.2 Å². The molecule has 0 spiro atoms. The summed E-state index contributed by atoms with van der Waals surface area (Å²) in [6.07, 6.45) is 2.61. The highest BCUT2D eigenvalue weighted by Gasteiger charge is 2.56. The highest BCUT2D eigenvalue weighted by Crippen LogP contribution is 2.47. The quantitative estimate of drug-likeness (QED) is 0.248. The molecule has 3 aliphatic rings. The number of aliphatic imine (C=N–C) groups is 3. The molecule has 0 bridgehead atoms. The molecular formula is C24H34ClFIN5O3SSi. The first kappa shape index (κ1) is 28.9.